The third-order valence-corrected chi connectivity index (χ3v) is 6.08. The van der Waals surface area contributed by atoms with Crippen LogP contribution in [0.3, 0.4) is 0 Å². The van der Waals surface area contributed by atoms with Crippen LogP contribution >= 0.6 is 15.9 Å². The average molecular weight is 436 g/mol. The predicted octanol–water partition coefficient (Wildman–Crippen LogP) is 2.43. The lowest BCUT2D eigenvalue weighted by Crippen LogP contribution is -2.48. The molecule has 1 N–H and O–H groups in total. The summed E-state index contributed by atoms with van der Waals surface area (Å²) in [7, 11) is 0. The molecule has 27 heavy (non-hydrogen) atoms. The first-order valence-electron chi connectivity index (χ1n) is 9.50. The van der Waals surface area contributed by atoms with Gasteiger partial charge < -0.3 is 15.1 Å². The second-order valence-electron chi connectivity index (χ2n) is 7.59. The van der Waals surface area contributed by atoms with Gasteiger partial charge in [0.15, 0.2) is 0 Å². The van der Waals surface area contributed by atoms with Gasteiger partial charge >= 0.3 is 0 Å². The van der Waals surface area contributed by atoms with Gasteiger partial charge in [-0.2, -0.15) is 0 Å². The maximum atomic E-state index is 12.8. The van der Waals surface area contributed by atoms with Crippen molar-refractivity contribution in [3.05, 3.63) is 34.3 Å². The Morgan fingerprint density at radius 1 is 1.19 bits per heavy atom. The van der Waals surface area contributed by atoms with Crippen molar-refractivity contribution in [3.63, 3.8) is 0 Å². The number of halogens is 1. The second-order valence-corrected chi connectivity index (χ2v) is 8.45. The zero-order valence-electron chi connectivity index (χ0n) is 15.8. The zero-order valence-corrected chi connectivity index (χ0v) is 17.4. The highest BCUT2D eigenvalue weighted by Gasteiger charge is 2.38. The maximum Gasteiger partial charge on any atom is 0.252 e. The Kier molecular flexibility index (Phi) is 6.19. The SMILES string of the molecule is CC(C)N1CC(C(=O)N2CCC(NC(=O)c3ccccc3Br)CC2)CC1=O. The van der Waals surface area contributed by atoms with Crippen molar-refractivity contribution in [3.8, 4) is 0 Å². The molecular weight excluding hydrogens is 410 g/mol. The zero-order chi connectivity index (χ0) is 19.6. The number of carbonyl (C=O) groups excluding carboxylic acids is 3. The van der Waals surface area contributed by atoms with E-state index in [2.05, 4.69) is 21.2 Å². The summed E-state index contributed by atoms with van der Waals surface area (Å²) in [5, 5.41) is 3.06. The van der Waals surface area contributed by atoms with Crippen LogP contribution in [0.4, 0.5) is 0 Å². The maximum absolute atomic E-state index is 12.8. The number of nitrogens with zero attached hydrogens (tertiary/aromatic N) is 2. The molecule has 0 spiro atoms. The molecule has 2 heterocycles. The van der Waals surface area contributed by atoms with Crippen LogP contribution in [0, 0.1) is 5.92 Å². The van der Waals surface area contributed by atoms with Crippen LogP contribution in [0.1, 0.15) is 43.5 Å². The Hall–Kier alpha value is -1.89. The smallest absolute Gasteiger partial charge is 0.252 e. The highest BCUT2D eigenvalue weighted by Crippen LogP contribution is 2.24. The van der Waals surface area contributed by atoms with Crippen LogP contribution in [0.25, 0.3) is 0 Å². The second kappa shape index (κ2) is 8.42. The van der Waals surface area contributed by atoms with Crippen molar-refractivity contribution in [1.29, 1.82) is 0 Å². The van der Waals surface area contributed by atoms with Crippen LogP contribution in [0.15, 0.2) is 28.7 Å². The van der Waals surface area contributed by atoms with E-state index in [1.54, 1.807) is 11.0 Å². The van der Waals surface area contributed by atoms with Gasteiger partial charge in [0, 0.05) is 42.6 Å². The fraction of sp³-hybridized carbons (Fsp3) is 0.550. The molecule has 2 aliphatic heterocycles. The molecule has 3 amide bonds. The van der Waals surface area contributed by atoms with Crippen molar-refractivity contribution in [2.45, 2.75) is 45.2 Å². The predicted molar refractivity (Wildman–Crippen MR) is 106 cm³/mol. The van der Waals surface area contributed by atoms with Crippen LogP contribution in [0.2, 0.25) is 0 Å². The third-order valence-electron chi connectivity index (χ3n) is 5.39. The van der Waals surface area contributed by atoms with E-state index in [1.807, 2.05) is 36.9 Å². The van der Waals surface area contributed by atoms with Crippen molar-refractivity contribution in [1.82, 2.24) is 15.1 Å². The van der Waals surface area contributed by atoms with Crippen molar-refractivity contribution in [2.75, 3.05) is 19.6 Å². The highest BCUT2D eigenvalue weighted by atomic mass is 79.9. The number of hydrogen-bond donors (Lipinski definition) is 1. The standard InChI is InChI=1S/C20H26BrN3O3/c1-13(2)24-12-14(11-18(24)25)20(27)23-9-7-15(8-10-23)22-19(26)16-5-3-4-6-17(16)21/h3-6,13-15H,7-12H2,1-2H3,(H,22,26). The van der Waals surface area contributed by atoms with E-state index in [0.717, 1.165) is 17.3 Å². The Morgan fingerprint density at radius 2 is 1.85 bits per heavy atom. The van der Waals surface area contributed by atoms with Crippen LogP contribution in [-0.2, 0) is 9.59 Å². The van der Waals surface area contributed by atoms with Gasteiger partial charge in [0.2, 0.25) is 11.8 Å². The fourth-order valence-electron chi connectivity index (χ4n) is 3.81. The molecular formula is C20H26BrN3O3. The minimum Gasteiger partial charge on any atom is -0.349 e. The largest absolute Gasteiger partial charge is 0.349 e. The number of hydrogen-bond acceptors (Lipinski definition) is 3. The highest BCUT2D eigenvalue weighted by molar-refractivity contribution is 9.10. The van der Waals surface area contributed by atoms with E-state index in [4.69, 9.17) is 0 Å². The summed E-state index contributed by atoms with van der Waals surface area (Å²) in [6.45, 7) is 5.71. The summed E-state index contributed by atoms with van der Waals surface area (Å²) in [5.41, 5.74) is 0.620. The Morgan fingerprint density at radius 3 is 2.44 bits per heavy atom. The van der Waals surface area contributed by atoms with Crippen molar-refractivity contribution in [2.24, 2.45) is 5.92 Å². The average Bonchev–Trinajstić information content (AvgIpc) is 3.04. The number of benzene rings is 1. The lowest BCUT2D eigenvalue weighted by Gasteiger charge is -2.34. The number of carbonyl (C=O) groups is 3. The number of nitrogens with one attached hydrogen (secondary N) is 1. The molecule has 0 saturated carbocycles. The van der Waals surface area contributed by atoms with Gasteiger partial charge in [-0.3, -0.25) is 14.4 Å². The van der Waals surface area contributed by atoms with Crippen molar-refractivity contribution < 1.29 is 14.4 Å². The molecule has 0 aromatic heterocycles. The number of amides is 3. The Balaban J connectivity index is 1.50. The van der Waals surface area contributed by atoms with Gasteiger partial charge in [-0.05, 0) is 54.8 Å². The molecule has 7 heteroatoms. The number of rotatable bonds is 4. The number of piperidine rings is 1. The molecule has 146 valence electrons. The van der Waals surface area contributed by atoms with E-state index in [0.29, 0.717) is 31.6 Å². The minimum atomic E-state index is -0.230. The van der Waals surface area contributed by atoms with Gasteiger partial charge in [0.05, 0.1) is 11.5 Å². The van der Waals surface area contributed by atoms with E-state index in [-0.39, 0.29) is 35.7 Å². The van der Waals surface area contributed by atoms with Gasteiger partial charge in [-0.1, -0.05) is 12.1 Å². The molecule has 0 aliphatic carbocycles. The Labute approximate surface area is 168 Å². The molecule has 2 saturated heterocycles. The molecule has 1 atom stereocenters. The summed E-state index contributed by atoms with van der Waals surface area (Å²) in [6, 6.07) is 7.54. The van der Waals surface area contributed by atoms with Gasteiger partial charge in [0.1, 0.15) is 0 Å². The van der Waals surface area contributed by atoms with E-state index in [9.17, 15) is 14.4 Å². The van der Waals surface area contributed by atoms with Crippen LogP contribution in [-0.4, -0.2) is 59.2 Å². The molecule has 1 aromatic carbocycles. The lowest BCUT2D eigenvalue weighted by atomic mass is 10.0. The molecule has 1 unspecified atom stereocenters. The first-order valence-corrected chi connectivity index (χ1v) is 10.3. The first-order chi connectivity index (χ1) is 12.9. The van der Waals surface area contributed by atoms with E-state index < -0.39 is 0 Å². The molecule has 0 radical (unpaired) electrons. The molecule has 2 fully saturated rings. The molecule has 1 aromatic rings. The van der Waals surface area contributed by atoms with E-state index >= 15 is 0 Å². The quantitative estimate of drug-likeness (QED) is 0.789. The van der Waals surface area contributed by atoms with Crippen LogP contribution in [0.5, 0.6) is 0 Å². The van der Waals surface area contributed by atoms with Gasteiger partial charge in [-0.25, -0.2) is 0 Å². The summed E-state index contributed by atoms with van der Waals surface area (Å²) in [6.07, 6.45) is 1.78. The first kappa shape index (κ1) is 19.9. The van der Waals surface area contributed by atoms with Gasteiger partial charge in [-0.15, -0.1) is 0 Å². The molecule has 6 nitrogen and oxygen atoms in total. The Bertz CT molecular complexity index is 729. The fourth-order valence-corrected chi connectivity index (χ4v) is 4.27. The number of likely N-dealkylation sites (tertiary alicyclic amines) is 2. The summed E-state index contributed by atoms with van der Waals surface area (Å²) in [5.74, 6) is -0.187. The molecule has 0 bridgehead atoms. The summed E-state index contributed by atoms with van der Waals surface area (Å²) >= 11 is 3.40. The van der Waals surface area contributed by atoms with Crippen LogP contribution < -0.4 is 5.32 Å². The summed E-state index contributed by atoms with van der Waals surface area (Å²) in [4.78, 5) is 40.9. The monoisotopic (exact) mass is 435 g/mol. The molecule has 3 rings (SSSR count). The third kappa shape index (κ3) is 4.51. The molecule has 2 aliphatic rings. The van der Waals surface area contributed by atoms with Crippen molar-refractivity contribution >= 4 is 33.7 Å². The lowest BCUT2D eigenvalue weighted by molar-refractivity contribution is -0.136. The topological polar surface area (TPSA) is 69.7 Å². The normalized spacial score (nSPS) is 21.0. The van der Waals surface area contributed by atoms with Gasteiger partial charge in [0.25, 0.3) is 5.91 Å². The van der Waals surface area contributed by atoms with E-state index in [1.165, 1.54) is 0 Å². The minimum absolute atomic E-state index is 0.0611. The summed E-state index contributed by atoms with van der Waals surface area (Å²) < 4.78 is 0.774.